The molecule has 140 valence electrons. The first kappa shape index (κ1) is 19.0. The predicted octanol–water partition coefficient (Wildman–Crippen LogP) is 4.16. The van der Waals surface area contributed by atoms with Crippen molar-refractivity contribution in [2.75, 3.05) is 13.1 Å². The van der Waals surface area contributed by atoms with E-state index < -0.39 is 0 Å². The molecule has 0 N–H and O–H groups in total. The minimum atomic E-state index is -0.145. The molecule has 1 aliphatic rings. The minimum absolute atomic E-state index is 0.145. The van der Waals surface area contributed by atoms with Gasteiger partial charge in [-0.3, -0.25) is 4.79 Å². The van der Waals surface area contributed by atoms with Gasteiger partial charge in [-0.15, -0.1) is 10.2 Å². The number of nitrogens with zero attached hydrogens (tertiary/aromatic N) is 4. The second-order valence-electron chi connectivity index (χ2n) is 6.92. The third-order valence-corrected chi connectivity index (χ3v) is 5.93. The van der Waals surface area contributed by atoms with Crippen molar-refractivity contribution in [3.8, 4) is 11.4 Å². The van der Waals surface area contributed by atoms with E-state index >= 15 is 0 Å². The summed E-state index contributed by atoms with van der Waals surface area (Å²) in [4.78, 5) is 14.9. The van der Waals surface area contributed by atoms with Gasteiger partial charge in [0.15, 0.2) is 11.0 Å². The molecule has 0 bridgehead atoms. The molecule has 0 spiro atoms. The maximum atomic E-state index is 12.8. The fourth-order valence-corrected chi connectivity index (χ4v) is 4.41. The van der Waals surface area contributed by atoms with Crippen molar-refractivity contribution in [3.63, 3.8) is 0 Å². The molecule has 1 amide bonds. The van der Waals surface area contributed by atoms with E-state index in [2.05, 4.69) is 46.8 Å². The van der Waals surface area contributed by atoms with Crippen LogP contribution in [0.1, 0.15) is 45.1 Å². The van der Waals surface area contributed by atoms with Gasteiger partial charge in [-0.25, -0.2) is 0 Å². The van der Waals surface area contributed by atoms with Crippen molar-refractivity contribution < 1.29 is 4.79 Å². The number of benzene rings is 1. The van der Waals surface area contributed by atoms with E-state index in [-0.39, 0.29) is 11.2 Å². The van der Waals surface area contributed by atoms with Gasteiger partial charge in [-0.05, 0) is 39.7 Å². The van der Waals surface area contributed by atoms with Gasteiger partial charge in [-0.1, -0.05) is 48.4 Å². The van der Waals surface area contributed by atoms with E-state index in [1.165, 1.54) is 30.2 Å². The molecule has 5 nitrogen and oxygen atoms in total. The Morgan fingerprint density at radius 2 is 1.92 bits per heavy atom. The highest BCUT2D eigenvalue weighted by atomic mass is 32.2. The third kappa shape index (κ3) is 4.29. The lowest BCUT2D eigenvalue weighted by molar-refractivity contribution is -0.130. The Hall–Kier alpha value is -1.82. The number of thioether (sulfide) groups is 1. The van der Waals surface area contributed by atoms with Crippen LogP contribution in [0.2, 0.25) is 0 Å². The first-order valence-electron chi connectivity index (χ1n) is 9.56. The third-order valence-electron chi connectivity index (χ3n) is 4.86. The monoisotopic (exact) mass is 372 g/mol. The van der Waals surface area contributed by atoms with Crippen LogP contribution in [0.4, 0.5) is 0 Å². The molecule has 2 aromatic rings. The molecular formula is C20H28N4OS. The average molecular weight is 373 g/mol. The summed E-state index contributed by atoms with van der Waals surface area (Å²) in [6.07, 6.45) is 4.70. The summed E-state index contributed by atoms with van der Waals surface area (Å²) in [5.41, 5.74) is 2.27. The fourth-order valence-electron chi connectivity index (χ4n) is 3.42. The number of likely N-dealkylation sites (tertiary alicyclic amines) is 1. The number of hydrogen-bond acceptors (Lipinski definition) is 4. The Kier molecular flexibility index (Phi) is 6.35. The van der Waals surface area contributed by atoms with Crippen molar-refractivity contribution in [3.05, 3.63) is 29.8 Å². The summed E-state index contributed by atoms with van der Waals surface area (Å²) in [7, 11) is 0. The number of hydrogen-bond donors (Lipinski definition) is 0. The van der Waals surface area contributed by atoms with Gasteiger partial charge in [0.05, 0.1) is 5.25 Å². The van der Waals surface area contributed by atoms with Gasteiger partial charge in [0.25, 0.3) is 0 Å². The lowest BCUT2D eigenvalue weighted by Gasteiger charge is -2.23. The largest absolute Gasteiger partial charge is 0.342 e. The number of rotatable bonds is 5. The molecule has 2 heterocycles. The first-order chi connectivity index (χ1) is 12.6. The fraction of sp³-hybridized carbons (Fsp3) is 0.550. The van der Waals surface area contributed by atoms with Crippen LogP contribution >= 0.6 is 11.8 Å². The SMILES string of the molecule is CCn1c(SC(C)C(=O)N2CCCCCC2)nnc1-c1cccc(C)c1. The smallest absolute Gasteiger partial charge is 0.235 e. The Labute approximate surface area is 160 Å². The van der Waals surface area contributed by atoms with Crippen LogP contribution in [0.15, 0.2) is 29.4 Å². The molecular weight excluding hydrogens is 344 g/mol. The van der Waals surface area contributed by atoms with Crippen LogP contribution < -0.4 is 0 Å². The van der Waals surface area contributed by atoms with E-state index in [9.17, 15) is 4.79 Å². The van der Waals surface area contributed by atoms with Gasteiger partial charge < -0.3 is 9.47 Å². The Balaban J connectivity index is 1.76. The lowest BCUT2D eigenvalue weighted by Crippen LogP contribution is -2.37. The molecule has 1 fully saturated rings. The van der Waals surface area contributed by atoms with Crippen LogP contribution in [0, 0.1) is 6.92 Å². The quantitative estimate of drug-likeness (QED) is 0.740. The van der Waals surface area contributed by atoms with Crippen molar-refractivity contribution >= 4 is 17.7 Å². The molecule has 1 saturated heterocycles. The molecule has 26 heavy (non-hydrogen) atoms. The lowest BCUT2D eigenvalue weighted by atomic mass is 10.1. The summed E-state index contributed by atoms with van der Waals surface area (Å²) in [5.74, 6) is 1.09. The normalized spacial score (nSPS) is 16.3. The standard InChI is InChI=1S/C20H28N4OS/c1-4-24-18(17-11-9-10-15(2)14-17)21-22-20(24)26-16(3)19(25)23-12-7-5-6-8-13-23/h9-11,14,16H,4-8,12-13H2,1-3H3. The van der Waals surface area contributed by atoms with Crippen molar-refractivity contribution in [2.24, 2.45) is 0 Å². The van der Waals surface area contributed by atoms with E-state index in [0.717, 1.165) is 49.0 Å². The molecule has 0 saturated carbocycles. The summed E-state index contributed by atoms with van der Waals surface area (Å²) >= 11 is 1.52. The molecule has 1 aromatic heterocycles. The van der Waals surface area contributed by atoms with E-state index in [1.54, 1.807) is 0 Å². The molecule has 3 rings (SSSR count). The number of aromatic nitrogens is 3. The summed E-state index contributed by atoms with van der Waals surface area (Å²) in [6.45, 7) is 8.71. The molecule has 6 heteroatoms. The van der Waals surface area contributed by atoms with E-state index in [1.807, 2.05) is 17.9 Å². The molecule has 0 radical (unpaired) electrons. The van der Waals surface area contributed by atoms with Crippen LogP contribution in [0.25, 0.3) is 11.4 Å². The van der Waals surface area contributed by atoms with Gasteiger partial charge in [-0.2, -0.15) is 0 Å². The molecule has 1 atom stereocenters. The van der Waals surface area contributed by atoms with Crippen LogP contribution in [0.3, 0.4) is 0 Å². The molecule has 1 aliphatic heterocycles. The highest BCUT2D eigenvalue weighted by Gasteiger charge is 2.25. The molecule has 1 unspecified atom stereocenters. The number of amides is 1. The molecule has 1 aromatic carbocycles. The maximum absolute atomic E-state index is 12.8. The van der Waals surface area contributed by atoms with Crippen LogP contribution in [-0.4, -0.2) is 43.9 Å². The number of carbonyl (C=O) groups excluding carboxylic acids is 1. The minimum Gasteiger partial charge on any atom is -0.342 e. The van der Waals surface area contributed by atoms with Crippen LogP contribution in [0.5, 0.6) is 0 Å². The summed E-state index contributed by atoms with van der Waals surface area (Å²) in [5, 5.41) is 9.46. The topological polar surface area (TPSA) is 51.0 Å². The second-order valence-corrected chi connectivity index (χ2v) is 8.23. The van der Waals surface area contributed by atoms with Gasteiger partial charge in [0.1, 0.15) is 0 Å². The average Bonchev–Trinajstić information content (AvgIpc) is 2.85. The number of carbonyl (C=O) groups is 1. The zero-order valence-electron chi connectivity index (χ0n) is 15.9. The maximum Gasteiger partial charge on any atom is 0.235 e. The highest BCUT2D eigenvalue weighted by molar-refractivity contribution is 8.00. The Morgan fingerprint density at radius 3 is 2.58 bits per heavy atom. The zero-order chi connectivity index (χ0) is 18.5. The Morgan fingerprint density at radius 1 is 1.19 bits per heavy atom. The van der Waals surface area contributed by atoms with E-state index in [4.69, 9.17) is 0 Å². The second kappa shape index (κ2) is 8.71. The van der Waals surface area contributed by atoms with Crippen molar-refractivity contribution in [1.82, 2.24) is 19.7 Å². The number of aryl methyl sites for hydroxylation is 1. The zero-order valence-corrected chi connectivity index (χ0v) is 16.8. The predicted molar refractivity (Wildman–Crippen MR) is 106 cm³/mol. The van der Waals surface area contributed by atoms with Gasteiger partial charge in [0, 0.05) is 25.2 Å². The van der Waals surface area contributed by atoms with Crippen molar-refractivity contribution in [1.29, 1.82) is 0 Å². The summed E-state index contributed by atoms with van der Waals surface area (Å²) in [6, 6.07) is 8.30. The Bertz CT molecular complexity index is 750. The molecule has 0 aliphatic carbocycles. The highest BCUT2D eigenvalue weighted by Crippen LogP contribution is 2.28. The van der Waals surface area contributed by atoms with Gasteiger partial charge >= 0.3 is 0 Å². The van der Waals surface area contributed by atoms with Gasteiger partial charge in [0.2, 0.25) is 5.91 Å². The first-order valence-corrected chi connectivity index (χ1v) is 10.4. The van der Waals surface area contributed by atoms with Crippen molar-refractivity contribution in [2.45, 2.75) is 63.4 Å². The van der Waals surface area contributed by atoms with E-state index in [0.29, 0.717) is 0 Å². The summed E-state index contributed by atoms with van der Waals surface area (Å²) < 4.78 is 2.10. The van der Waals surface area contributed by atoms with Crippen LogP contribution in [-0.2, 0) is 11.3 Å².